The smallest absolute Gasteiger partial charge is 0.363 e. The van der Waals surface area contributed by atoms with E-state index in [9.17, 15) is 9.59 Å². The van der Waals surface area contributed by atoms with E-state index in [2.05, 4.69) is 10.2 Å². The molecule has 0 atom stereocenters. The highest BCUT2D eigenvalue weighted by atomic mass is 16.5. The Kier molecular flexibility index (Phi) is 4.71. The van der Waals surface area contributed by atoms with E-state index in [0.717, 1.165) is 5.56 Å². The van der Waals surface area contributed by atoms with E-state index in [1.54, 1.807) is 13.8 Å². The van der Waals surface area contributed by atoms with Crippen LogP contribution in [-0.2, 0) is 11.3 Å². The topological polar surface area (TPSA) is 81.3 Å². The molecule has 1 N–H and O–H groups in total. The van der Waals surface area contributed by atoms with Crippen molar-refractivity contribution < 1.29 is 14.3 Å². The van der Waals surface area contributed by atoms with Crippen molar-refractivity contribution in [1.82, 2.24) is 10.2 Å². The first kappa shape index (κ1) is 14.8. The maximum absolute atomic E-state index is 12.2. The quantitative estimate of drug-likeness (QED) is 0.849. The largest absolute Gasteiger partial charge is 0.483 e. The van der Waals surface area contributed by atoms with Gasteiger partial charge in [0.25, 0.3) is 5.43 Å². The molecular formula is C15H16N2O4. The number of nitrogens with zero attached hydrogens (tertiary/aromatic N) is 1. The zero-order chi connectivity index (χ0) is 15.2. The number of carbonyl (C=O) groups excluding carboxylic acids is 1. The van der Waals surface area contributed by atoms with Gasteiger partial charge < -0.3 is 9.47 Å². The highest BCUT2D eigenvalue weighted by Gasteiger charge is 2.19. The van der Waals surface area contributed by atoms with Gasteiger partial charge in [0.05, 0.1) is 12.3 Å². The molecule has 1 heterocycles. The zero-order valence-electron chi connectivity index (χ0n) is 11.9. The fourth-order valence-electron chi connectivity index (χ4n) is 1.76. The Bertz CT molecular complexity index is 680. The van der Waals surface area contributed by atoms with Crippen molar-refractivity contribution in [1.29, 1.82) is 0 Å². The Morgan fingerprint density at radius 2 is 2.00 bits per heavy atom. The molecule has 0 saturated heterocycles. The van der Waals surface area contributed by atoms with Crippen LogP contribution in [0.15, 0.2) is 35.1 Å². The van der Waals surface area contributed by atoms with Crippen LogP contribution in [0.25, 0.3) is 0 Å². The number of hydrogen-bond acceptors (Lipinski definition) is 5. The third-order valence-corrected chi connectivity index (χ3v) is 2.79. The number of H-pyrrole nitrogens is 1. The maximum atomic E-state index is 12.2. The Morgan fingerprint density at radius 3 is 2.67 bits per heavy atom. The van der Waals surface area contributed by atoms with Crippen LogP contribution in [-0.4, -0.2) is 22.8 Å². The minimum Gasteiger partial charge on any atom is -0.483 e. The van der Waals surface area contributed by atoms with Gasteiger partial charge in [-0.05, 0) is 19.4 Å². The zero-order valence-corrected chi connectivity index (χ0v) is 11.9. The Hall–Kier alpha value is -2.63. The molecule has 1 aromatic heterocycles. The van der Waals surface area contributed by atoms with Crippen LogP contribution in [0, 0.1) is 6.92 Å². The first-order valence-corrected chi connectivity index (χ1v) is 6.56. The highest BCUT2D eigenvalue weighted by molar-refractivity contribution is 5.87. The summed E-state index contributed by atoms with van der Waals surface area (Å²) in [5, 5.41) is 6.33. The van der Waals surface area contributed by atoms with Crippen LogP contribution in [0.3, 0.4) is 0 Å². The van der Waals surface area contributed by atoms with Crippen molar-refractivity contribution in [2.75, 3.05) is 6.61 Å². The fraction of sp³-hybridized carbons (Fsp3) is 0.267. The molecular weight excluding hydrogens is 272 g/mol. The lowest BCUT2D eigenvalue weighted by Crippen LogP contribution is -2.23. The summed E-state index contributed by atoms with van der Waals surface area (Å²) in [6.45, 7) is 3.72. The first-order valence-electron chi connectivity index (χ1n) is 6.56. The monoisotopic (exact) mass is 288 g/mol. The number of esters is 1. The molecule has 2 aromatic rings. The lowest BCUT2D eigenvalue weighted by Gasteiger charge is -2.09. The summed E-state index contributed by atoms with van der Waals surface area (Å²) in [7, 11) is 0. The number of rotatable bonds is 5. The number of benzene rings is 1. The first-order chi connectivity index (χ1) is 10.1. The number of hydrogen-bond donors (Lipinski definition) is 1. The van der Waals surface area contributed by atoms with E-state index in [-0.39, 0.29) is 24.7 Å². The SMILES string of the molecule is CCOC(=O)c1n[nH]c(C)c(OCc2ccccc2)c1=O. The predicted molar refractivity (Wildman–Crippen MR) is 76.3 cm³/mol. The Labute approximate surface area is 121 Å². The molecule has 0 aliphatic rings. The molecule has 0 aliphatic heterocycles. The van der Waals surface area contributed by atoms with Gasteiger partial charge >= 0.3 is 5.97 Å². The molecule has 0 spiro atoms. The summed E-state index contributed by atoms with van der Waals surface area (Å²) in [6.07, 6.45) is 0. The number of ether oxygens (including phenoxy) is 2. The van der Waals surface area contributed by atoms with Crippen molar-refractivity contribution in [3.8, 4) is 5.75 Å². The summed E-state index contributed by atoms with van der Waals surface area (Å²) < 4.78 is 10.3. The van der Waals surface area contributed by atoms with Gasteiger partial charge in [0.1, 0.15) is 6.61 Å². The second kappa shape index (κ2) is 6.69. The van der Waals surface area contributed by atoms with Gasteiger partial charge in [-0.25, -0.2) is 4.79 Å². The number of aryl methyl sites for hydroxylation is 1. The molecule has 0 fully saturated rings. The summed E-state index contributed by atoms with van der Waals surface area (Å²) in [5.41, 5.74) is 0.515. The van der Waals surface area contributed by atoms with Crippen molar-refractivity contribution in [2.45, 2.75) is 20.5 Å². The van der Waals surface area contributed by atoms with Gasteiger partial charge in [-0.2, -0.15) is 5.10 Å². The Balaban J connectivity index is 2.24. The normalized spacial score (nSPS) is 10.2. The standard InChI is InChI=1S/C15H16N2O4/c1-3-20-15(19)12-13(18)14(10(2)16-17-12)21-9-11-7-5-4-6-8-11/h4-8H,3,9H2,1-2H3,(H,16,18). The minimum atomic E-state index is -0.761. The molecule has 2 rings (SSSR count). The lowest BCUT2D eigenvalue weighted by atomic mass is 10.2. The van der Waals surface area contributed by atoms with Gasteiger partial charge in [-0.3, -0.25) is 9.89 Å². The average Bonchev–Trinajstić information content (AvgIpc) is 2.48. The van der Waals surface area contributed by atoms with E-state index >= 15 is 0 Å². The van der Waals surface area contributed by atoms with Gasteiger partial charge in [0, 0.05) is 0 Å². The predicted octanol–water partition coefficient (Wildman–Crippen LogP) is 1.83. The van der Waals surface area contributed by atoms with E-state index in [1.165, 1.54) is 0 Å². The van der Waals surface area contributed by atoms with Crippen LogP contribution in [0.2, 0.25) is 0 Å². The molecule has 0 unspecified atom stereocenters. The molecule has 0 radical (unpaired) electrons. The fourth-order valence-corrected chi connectivity index (χ4v) is 1.76. The molecule has 0 amide bonds. The maximum Gasteiger partial charge on any atom is 0.363 e. The van der Waals surface area contributed by atoms with E-state index < -0.39 is 11.4 Å². The van der Waals surface area contributed by atoms with Crippen LogP contribution >= 0.6 is 0 Å². The molecule has 0 bridgehead atoms. The number of carbonyl (C=O) groups is 1. The van der Waals surface area contributed by atoms with Crippen LogP contribution < -0.4 is 10.2 Å². The highest BCUT2D eigenvalue weighted by Crippen LogP contribution is 2.12. The van der Waals surface area contributed by atoms with Crippen molar-refractivity contribution >= 4 is 5.97 Å². The third-order valence-electron chi connectivity index (χ3n) is 2.79. The molecule has 0 saturated carbocycles. The van der Waals surface area contributed by atoms with E-state index in [0.29, 0.717) is 5.69 Å². The van der Waals surface area contributed by atoms with Crippen molar-refractivity contribution in [3.63, 3.8) is 0 Å². The summed E-state index contributed by atoms with van der Waals surface area (Å²) in [5.74, 6) is -0.680. The van der Waals surface area contributed by atoms with Gasteiger partial charge in [-0.1, -0.05) is 30.3 Å². The number of aromatic nitrogens is 2. The number of nitrogens with one attached hydrogen (secondary N) is 1. The Morgan fingerprint density at radius 1 is 1.29 bits per heavy atom. The molecule has 6 heteroatoms. The minimum absolute atomic E-state index is 0.0805. The van der Waals surface area contributed by atoms with Gasteiger partial charge in [0.2, 0.25) is 5.69 Å². The summed E-state index contributed by atoms with van der Waals surface area (Å²) >= 11 is 0. The molecule has 6 nitrogen and oxygen atoms in total. The molecule has 110 valence electrons. The second-order valence-electron chi connectivity index (χ2n) is 4.35. The van der Waals surface area contributed by atoms with Crippen LogP contribution in [0.5, 0.6) is 5.75 Å². The van der Waals surface area contributed by atoms with Crippen LogP contribution in [0.1, 0.15) is 28.7 Å². The molecule has 21 heavy (non-hydrogen) atoms. The van der Waals surface area contributed by atoms with Crippen LogP contribution in [0.4, 0.5) is 0 Å². The third kappa shape index (κ3) is 3.47. The summed E-state index contributed by atoms with van der Waals surface area (Å²) in [4.78, 5) is 23.9. The molecule has 1 aromatic carbocycles. The van der Waals surface area contributed by atoms with E-state index in [4.69, 9.17) is 9.47 Å². The van der Waals surface area contributed by atoms with Crippen molar-refractivity contribution in [3.05, 3.63) is 57.5 Å². The molecule has 0 aliphatic carbocycles. The van der Waals surface area contributed by atoms with Gasteiger partial charge in [-0.15, -0.1) is 0 Å². The van der Waals surface area contributed by atoms with E-state index in [1.807, 2.05) is 30.3 Å². The number of aromatic amines is 1. The second-order valence-corrected chi connectivity index (χ2v) is 4.35. The van der Waals surface area contributed by atoms with Crippen molar-refractivity contribution in [2.24, 2.45) is 0 Å². The summed E-state index contributed by atoms with van der Waals surface area (Å²) in [6, 6.07) is 9.43. The lowest BCUT2D eigenvalue weighted by molar-refractivity contribution is 0.0515. The average molecular weight is 288 g/mol. The van der Waals surface area contributed by atoms with Gasteiger partial charge in [0.15, 0.2) is 5.75 Å².